The molecule has 39 heavy (non-hydrogen) atoms. The van der Waals surface area contributed by atoms with E-state index in [-0.39, 0.29) is 24.4 Å². The zero-order chi connectivity index (χ0) is 29.3. The van der Waals surface area contributed by atoms with Crippen molar-refractivity contribution in [3.05, 3.63) is 47.8 Å². The number of carbonyl (C=O) groups excluding carboxylic acids is 1. The van der Waals surface area contributed by atoms with Crippen LogP contribution in [0.1, 0.15) is 45.6 Å². The van der Waals surface area contributed by atoms with Crippen LogP contribution in [0.4, 0.5) is 33.7 Å². The van der Waals surface area contributed by atoms with E-state index in [4.69, 9.17) is 4.74 Å². The Kier molecular flexibility index (Phi) is 12.1. The van der Waals surface area contributed by atoms with Crippen molar-refractivity contribution in [2.45, 2.75) is 56.8 Å². The minimum atomic E-state index is -4.84. The van der Waals surface area contributed by atoms with Crippen molar-refractivity contribution in [3.63, 3.8) is 0 Å². The summed E-state index contributed by atoms with van der Waals surface area (Å²) in [6.45, 7) is 8.27. The Morgan fingerprint density at radius 1 is 1.00 bits per heavy atom. The van der Waals surface area contributed by atoms with Crippen LogP contribution in [-0.4, -0.2) is 51.8 Å². The third-order valence-electron chi connectivity index (χ3n) is 5.43. The molecule has 2 aromatic carbocycles. The number of hydrogen-bond acceptors (Lipinski definition) is 4. The summed E-state index contributed by atoms with van der Waals surface area (Å²) in [6.07, 6.45) is -5.13. The maximum absolute atomic E-state index is 15.8. The van der Waals surface area contributed by atoms with Crippen LogP contribution in [0.2, 0.25) is 10.4 Å². The Bertz CT molecular complexity index is 1100. The van der Waals surface area contributed by atoms with Gasteiger partial charge in [0.05, 0.1) is 0 Å². The fraction of sp³-hybridized carbons (Fsp3) is 0.481. The average Bonchev–Trinajstić information content (AvgIpc) is 2.77. The number of urea groups is 1. The van der Waals surface area contributed by atoms with Gasteiger partial charge in [-0.1, -0.05) is 0 Å². The van der Waals surface area contributed by atoms with Crippen molar-refractivity contribution in [3.8, 4) is 5.75 Å². The predicted octanol–water partition coefficient (Wildman–Crippen LogP) is 6.59. The molecule has 7 nitrogen and oxygen atoms in total. The van der Waals surface area contributed by atoms with E-state index in [0.29, 0.717) is 21.8 Å². The van der Waals surface area contributed by atoms with Crippen molar-refractivity contribution in [1.82, 2.24) is 0 Å². The molecule has 0 saturated carbocycles. The average molecular weight is 619 g/mol. The third-order valence-corrected chi connectivity index (χ3v) is 12.6. The molecule has 3 N–H and O–H groups in total. The number of carbonyl (C=O) groups is 2. The predicted molar refractivity (Wildman–Crippen MR) is 144 cm³/mol. The van der Waals surface area contributed by atoms with E-state index in [2.05, 4.69) is 43.1 Å². The van der Waals surface area contributed by atoms with Gasteiger partial charge in [0.25, 0.3) is 0 Å². The number of carboxylic acid groups (broad SMARTS) is 1. The first kappa shape index (κ1) is 32.4. The van der Waals surface area contributed by atoms with Crippen molar-refractivity contribution < 1.29 is 41.7 Å². The first-order valence-corrected chi connectivity index (χ1v) is 16.0. The molecule has 1 unspecified atom stereocenters. The van der Waals surface area contributed by atoms with Crippen molar-refractivity contribution in [2.24, 2.45) is 11.8 Å². The molecule has 12 heteroatoms. The van der Waals surface area contributed by atoms with Gasteiger partial charge in [0.1, 0.15) is 0 Å². The fourth-order valence-corrected chi connectivity index (χ4v) is 10.6. The third kappa shape index (κ3) is 11.1. The summed E-state index contributed by atoms with van der Waals surface area (Å²) in [4.78, 5) is 24.4. The van der Waals surface area contributed by atoms with Gasteiger partial charge >= 0.3 is 231 Å². The maximum atomic E-state index is 15.8. The first-order valence-electron chi connectivity index (χ1n) is 12.4. The number of benzene rings is 2. The van der Waals surface area contributed by atoms with Gasteiger partial charge in [-0.15, -0.1) is 0 Å². The molecule has 1 atom stereocenters. The second kappa shape index (κ2) is 14.6. The number of amides is 2. The van der Waals surface area contributed by atoms with Crippen LogP contribution in [0.25, 0.3) is 0 Å². The fourth-order valence-electron chi connectivity index (χ4n) is 4.12. The Hall–Kier alpha value is -2.78. The molecule has 0 heterocycles. The first-order chi connectivity index (χ1) is 18.2. The number of hydrogen-bond donors (Lipinski definition) is 3. The van der Waals surface area contributed by atoms with E-state index in [1.807, 2.05) is 0 Å². The number of methoxy groups -OCH3 is 1. The summed E-state index contributed by atoms with van der Waals surface area (Å²) in [5.74, 6) is -2.05. The van der Waals surface area contributed by atoms with E-state index in [9.17, 15) is 27.9 Å². The van der Waals surface area contributed by atoms with Crippen LogP contribution in [0.5, 0.6) is 5.75 Å². The van der Waals surface area contributed by atoms with Crippen LogP contribution in [0.15, 0.2) is 36.4 Å². The van der Waals surface area contributed by atoms with Gasteiger partial charge in [-0.3, -0.25) is 0 Å². The molecule has 0 fully saturated rings. The normalized spacial score (nSPS) is 12.6. The van der Waals surface area contributed by atoms with Gasteiger partial charge in [0.15, 0.2) is 0 Å². The molecule has 0 aliphatic carbocycles. The quantitative estimate of drug-likeness (QED) is 0.174. The van der Waals surface area contributed by atoms with Crippen molar-refractivity contribution >= 4 is 42.4 Å². The molecule has 2 aromatic rings. The van der Waals surface area contributed by atoms with Gasteiger partial charge in [-0.2, -0.15) is 0 Å². The summed E-state index contributed by atoms with van der Waals surface area (Å²) < 4.78 is 62.6. The van der Waals surface area contributed by atoms with E-state index in [1.54, 1.807) is 6.07 Å². The zero-order valence-electron chi connectivity index (χ0n) is 22.6. The van der Waals surface area contributed by atoms with Crippen LogP contribution >= 0.6 is 0 Å². The summed E-state index contributed by atoms with van der Waals surface area (Å²) in [5.41, 5.74) is 0.835. The summed E-state index contributed by atoms with van der Waals surface area (Å²) >= 11 is -2.03. The van der Waals surface area contributed by atoms with Crippen LogP contribution in [0, 0.1) is 17.7 Å². The standard InChI is InChI=1S/C27H35AsF4N2O5/c1-16(2)13-28(14-17(3)4)25-22(29)10-18(19(15-38-5)12-24(35)36)11-23(25)34-26(37)33-20-6-8-21(9-7-20)39-27(30,31)32/h6-11,16-17,19H,12-15H2,1-5H3,(H,35,36)(H2,33,34,37). The second-order valence-electron chi connectivity index (χ2n) is 9.99. The molecule has 2 amide bonds. The van der Waals surface area contributed by atoms with E-state index in [0.717, 1.165) is 22.5 Å². The summed E-state index contributed by atoms with van der Waals surface area (Å²) in [7, 11) is 1.42. The Labute approximate surface area is 230 Å². The van der Waals surface area contributed by atoms with Gasteiger partial charge in [0.2, 0.25) is 0 Å². The Balaban J connectivity index is 2.45. The molecule has 216 valence electrons. The van der Waals surface area contributed by atoms with Crippen molar-refractivity contribution in [1.29, 1.82) is 0 Å². The molecule has 0 aliphatic rings. The molecule has 0 aliphatic heterocycles. The van der Waals surface area contributed by atoms with Crippen LogP contribution < -0.4 is 19.7 Å². The number of halogens is 4. The summed E-state index contributed by atoms with van der Waals surface area (Å²) in [5, 5.41) is 16.2. The molecule has 0 spiro atoms. The zero-order valence-corrected chi connectivity index (χ0v) is 24.4. The number of aliphatic carboxylic acids is 1. The number of anilines is 2. The topological polar surface area (TPSA) is 96.9 Å². The number of nitrogens with one attached hydrogen (secondary N) is 2. The van der Waals surface area contributed by atoms with E-state index in [1.165, 1.54) is 25.3 Å². The number of ether oxygens (including phenoxy) is 2. The molecular formula is C27H35AsF4N2O5. The second-order valence-corrected chi connectivity index (χ2v) is 14.7. The van der Waals surface area contributed by atoms with Gasteiger partial charge < -0.3 is 0 Å². The van der Waals surface area contributed by atoms with Gasteiger partial charge in [-0.25, -0.2) is 0 Å². The van der Waals surface area contributed by atoms with Crippen LogP contribution in [-0.2, 0) is 9.53 Å². The monoisotopic (exact) mass is 618 g/mol. The van der Waals surface area contributed by atoms with E-state index >= 15 is 4.39 Å². The molecule has 0 bridgehead atoms. The SMILES string of the molecule is COCC(CC(=O)O)c1cc(F)c([As](CC(C)C)CC(C)C)c(NC(=O)Nc2ccc(OC(F)(F)F)cc2)c1. The number of carboxylic acids is 1. The number of alkyl halides is 3. The molecule has 0 radical (unpaired) electrons. The molecule has 2 rings (SSSR count). The van der Waals surface area contributed by atoms with Crippen LogP contribution in [0.3, 0.4) is 0 Å². The molecule has 0 saturated heterocycles. The van der Waals surface area contributed by atoms with Gasteiger partial charge in [-0.05, 0) is 0 Å². The molecular weight excluding hydrogens is 583 g/mol. The van der Waals surface area contributed by atoms with E-state index < -0.39 is 50.5 Å². The Morgan fingerprint density at radius 3 is 2.08 bits per heavy atom. The minimum absolute atomic E-state index is 0.0441. The van der Waals surface area contributed by atoms with Gasteiger partial charge in [0, 0.05) is 0 Å². The summed E-state index contributed by atoms with van der Waals surface area (Å²) in [6, 6.07) is 6.84. The number of rotatable bonds is 13. The van der Waals surface area contributed by atoms with Crippen molar-refractivity contribution in [2.75, 3.05) is 24.4 Å². The Morgan fingerprint density at radius 2 is 1.59 bits per heavy atom. The molecule has 0 aromatic heterocycles.